The molecule has 0 bridgehead atoms. The van der Waals surface area contributed by atoms with E-state index in [9.17, 15) is 5.48 Å². The summed E-state index contributed by atoms with van der Waals surface area (Å²) in [6, 6.07) is 36.9. The van der Waals surface area contributed by atoms with E-state index in [1.807, 2.05) is 125 Å². The summed E-state index contributed by atoms with van der Waals surface area (Å²) in [5.74, 6) is 1.55. The van der Waals surface area contributed by atoms with Crippen LogP contribution in [0.5, 0.6) is 11.5 Å². The van der Waals surface area contributed by atoms with E-state index in [1.165, 1.54) is 0 Å². The van der Waals surface area contributed by atoms with Gasteiger partial charge in [0.15, 0.2) is 0 Å². The van der Waals surface area contributed by atoms with Crippen molar-refractivity contribution in [2.45, 2.75) is 74.5 Å². The van der Waals surface area contributed by atoms with Crippen molar-refractivity contribution in [2.24, 2.45) is 16.7 Å². The zero-order chi connectivity index (χ0) is 43.9. The molecule has 0 saturated carbocycles. The van der Waals surface area contributed by atoms with Gasteiger partial charge in [-0.15, -0.1) is 17.5 Å². The van der Waals surface area contributed by atoms with Gasteiger partial charge in [0.05, 0.1) is 22.5 Å². The van der Waals surface area contributed by atoms with Crippen LogP contribution in [0, 0.1) is 35.2 Å². The van der Waals surface area contributed by atoms with Crippen LogP contribution in [-0.2, 0) is 40.2 Å². The number of pyridine rings is 2. The predicted octanol–water partition coefficient (Wildman–Crippen LogP) is 11.4. The third kappa shape index (κ3) is 8.37. The molecule has 4 aromatic carbocycles. The van der Waals surface area contributed by atoms with Gasteiger partial charge < -0.3 is 9.30 Å². The van der Waals surface area contributed by atoms with Gasteiger partial charge in [-0.3, -0.25) is 14.1 Å². The fourth-order valence-corrected chi connectivity index (χ4v) is 6.95. The van der Waals surface area contributed by atoms with Crippen LogP contribution in [-0.4, -0.2) is 19.1 Å². The third-order valence-electron chi connectivity index (χ3n) is 8.85. The minimum absolute atomic E-state index is 0. The molecular weight excluding hydrogens is 870 g/mol. The van der Waals surface area contributed by atoms with Crippen molar-refractivity contribution < 1.29 is 38.6 Å². The van der Waals surface area contributed by atoms with Crippen molar-refractivity contribution in [1.29, 1.82) is 0 Å². The maximum absolute atomic E-state index is 9.20. The smallest absolute Gasteiger partial charge is 0.269 e. The number of fused-ring (bicyclic) bond motifs is 4. The van der Waals surface area contributed by atoms with Crippen LogP contribution < -0.4 is 9.30 Å². The molecule has 7 heteroatoms. The largest absolute Gasteiger partial charge is 0.522 e. The number of ether oxygens (including phenoxy) is 1. The summed E-state index contributed by atoms with van der Waals surface area (Å²) in [6.07, 6.45) is 1.58. The first kappa shape index (κ1) is 32.1. The van der Waals surface area contributed by atoms with E-state index < -0.39 is 29.9 Å². The molecule has 56 heavy (non-hydrogen) atoms. The topological polar surface area (TPSA) is 48.8 Å². The van der Waals surface area contributed by atoms with Crippen molar-refractivity contribution in [2.75, 3.05) is 0 Å². The van der Waals surface area contributed by atoms with Crippen LogP contribution in [0.1, 0.15) is 80.3 Å². The minimum atomic E-state index is -1.79. The molecule has 4 aromatic heterocycles. The molecule has 4 heterocycles. The van der Waals surface area contributed by atoms with Crippen molar-refractivity contribution >= 4 is 32.8 Å². The van der Waals surface area contributed by atoms with Crippen molar-refractivity contribution in [1.82, 2.24) is 19.1 Å². The zero-order valence-corrected chi connectivity index (χ0v) is 35.2. The summed E-state index contributed by atoms with van der Waals surface area (Å²) in [6.45, 7) is 14.8. The van der Waals surface area contributed by atoms with Gasteiger partial charge in [0.25, 0.3) is 6.33 Å². The Kier molecular flexibility index (Phi) is 8.86. The Morgan fingerprint density at radius 3 is 2.09 bits per heavy atom. The second-order valence-electron chi connectivity index (χ2n) is 16.3. The molecule has 0 atom stereocenters. The summed E-state index contributed by atoms with van der Waals surface area (Å²) < 4.78 is 66.3. The standard InChI is InChI=1S/C49H49N5O.Pt/c1-33(2)23-34-19-21-51-47(27-34)54-42-14-10-9-13-40(42)41-18-17-38(28-45(41)54)55-39-20-22-50-46(29-39)53-32-52(43-15-11-12-16-44(43)53)37-25-35(30-48(3,4)5)24-36(26-37)31-49(6,7)8;/h9-22,24-27,33H,23,30-31H2,1-8H3;/q-2;/i23D2,30D2,31D2;. The number of benzene rings is 4. The van der Waals surface area contributed by atoms with Gasteiger partial charge in [-0.25, -0.2) is 4.98 Å². The summed E-state index contributed by atoms with van der Waals surface area (Å²) in [5.41, 5.74) is 3.46. The number of rotatable bonds is 9. The van der Waals surface area contributed by atoms with E-state index in [-0.39, 0.29) is 27.0 Å². The fourth-order valence-electron chi connectivity index (χ4n) is 6.95. The molecule has 8 aromatic rings. The Labute approximate surface area is 353 Å². The van der Waals surface area contributed by atoms with Gasteiger partial charge in [0, 0.05) is 46.8 Å². The molecule has 0 spiro atoms. The second kappa shape index (κ2) is 15.5. The zero-order valence-electron chi connectivity index (χ0n) is 38.9. The average molecular weight is 925 g/mol. The molecule has 0 aliphatic carbocycles. The van der Waals surface area contributed by atoms with Crippen molar-refractivity contribution in [3.63, 3.8) is 0 Å². The second-order valence-corrected chi connectivity index (χ2v) is 16.3. The normalized spacial score (nSPS) is 14.5. The number of hydrogen-bond acceptors (Lipinski definition) is 3. The first-order valence-electron chi connectivity index (χ1n) is 21.7. The molecule has 0 radical (unpaired) electrons. The van der Waals surface area contributed by atoms with Crippen LogP contribution in [0.25, 0.3) is 50.2 Å². The molecule has 0 unspecified atom stereocenters. The quantitative estimate of drug-likeness (QED) is 0.107. The predicted molar refractivity (Wildman–Crippen MR) is 223 cm³/mol. The average Bonchev–Trinajstić information content (AvgIpc) is 3.76. The summed E-state index contributed by atoms with van der Waals surface area (Å²) in [4.78, 5) is 9.36. The number of hydrogen-bond donors (Lipinski definition) is 0. The van der Waals surface area contributed by atoms with E-state index in [4.69, 9.17) is 12.5 Å². The summed E-state index contributed by atoms with van der Waals surface area (Å²) in [7, 11) is 0. The Morgan fingerprint density at radius 2 is 1.38 bits per heavy atom. The van der Waals surface area contributed by atoms with Crippen molar-refractivity contribution in [3.8, 4) is 28.8 Å². The van der Waals surface area contributed by atoms with Crippen LogP contribution >= 0.6 is 0 Å². The van der Waals surface area contributed by atoms with E-state index >= 15 is 0 Å². The van der Waals surface area contributed by atoms with Gasteiger partial charge in [-0.05, 0) is 82.9 Å². The first-order valence-corrected chi connectivity index (χ1v) is 18.7. The third-order valence-corrected chi connectivity index (χ3v) is 8.85. The SMILES string of the molecule is [2H]C([2H])(c1ccnc(-n2c3[c-]c(Oc4[c-]c(-n5[c-][n+](-c6cc(C([2H])([2H])C(C)(C)C)cc(C([2H])([2H])C(C)(C)C)c6)c6ccccc65)ncc4)ccc3c3ccccc32)c1)C(C)C.[Pt]. The number of imidazole rings is 1. The number of para-hydroxylation sites is 3. The molecule has 6 nitrogen and oxygen atoms in total. The van der Waals surface area contributed by atoms with E-state index in [0.29, 0.717) is 45.5 Å². The monoisotopic (exact) mass is 924 g/mol. The van der Waals surface area contributed by atoms with Crippen LogP contribution in [0.4, 0.5) is 0 Å². The van der Waals surface area contributed by atoms with Gasteiger partial charge in [0.2, 0.25) is 0 Å². The Morgan fingerprint density at radius 1 is 0.714 bits per heavy atom. The van der Waals surface area contributed by atoms with Gasteiger partial charge in [0.1, 0.15) is 5.82 Å². The Balaban J connectivity index is 0.00000578. The molecular formula is C49H49N5OPt-2. The molecule has 288 valence electrons. The Hall–Kier alpha value is -5.06. The maximum atomic E-state index is 9.20. The van der Waals surface area contributed by atoms with E-state index in [2.05, 4.69) is 23.4 Å². The summed E-state index contributed by atoms with van der Waals surface area (Å²) in [5, 5.41) is 1.94. The van der Waals surface area contributed by atoms with Gasteiger partial charge >= 0.3 is 0 Å². The fraction of sp³-hybridized carbons (Fsp3) is 0.286. The van der Waals surface area contributed by atoms with E-state index in [1.54, 1.807) is 53.4 Å². The number of nitrogens with zero attached hydrogens (tertiary/aromatic N) is 5. The molecule has 0 saturated heterocycles. The molecule has 0 N–H and O–H groups in total. The molecule has 0 aliphatic heterocycles. The van der Waals surface area contributed by atoms with Gasteiger partial charge in [-0.1, -0.05) is 127 Å². The van der Waals surface area contributed by atoms with Crippen LogP contribution in [0.15, 0.2) is 109 Å². The van der Waals surface area contributed by atoms with E-state index in [0.717, 1.165) is 32.8 Å². The first-order chi connectivity index (χ1) is 28.6. The molecule has 0 fully saturated rings. The molecule has 0 amide bonds. The van der Waals surface area contributed by atoms with Crippen LogP contribution in [0.2, 0.25) is 0 Å². The number of aromatic nitrogens is 5. The maximum Gasteiger partial charge on any atom is 0.269 e. The Bertz CT molecular complexity index is 2920. The minimum Gasteiger partial charge on any atom is -0.522 e. The van der Waals surface area contributed by atoms with Crippen LogP contribution in [0.3, 0.4) is 0 Å². The summed E-state index contributed by atoms with van der Waals surface area (Å²) >= 11 is 0. The van der Waals surface area contributed by atoms with Gasteiger partial charge in [-0.2, -0.15) is 18.2 Å². The van der Waals surface area contributed by atoms with Crippen molar-refractivity contribution in [3.05, 3.63) is 145 Å². The molecule has 8 rings (SSSR count). The molecule has 0 aliphatic rings.